The van der Waals surface area contributed by atoms with Crippen LogP contribution in [0.25, 0.3) is 0 Å². The van der Waals surface area contributed by atoms with E-state index in [0.717, 1.165) is 26.1 Å². The summed E-state index contributed by atoms with van der Waals surface area (Å²) < 4.78 is 4.72. The van der Waals surface area contributed by atoms with Crippen LogP contribution in [-0.2, 0) is 19.1 Å². The average molecular weight is 503 g/mol. The molecule has 2 bridgehead atoms. The number of rotatable bonds is 8. The first-order chi connectivity index (χ1) is 17.0. The Kier molecular flexibility index (Phi) is 7.07. The number of thioether (sulfide) groups is 1. The molecule has 35 heavy (non-hydrogen) atoms. The van der Waals surface area contributed by atoms with E-state index in [1.165, 1.54) is 4.90 Å². The summed E-state index contributed by atoms with van der Waals surface area (Å²) in [5.41, 5.74) is 0.697. The molecule has 4 fully saturated rings. The number of anilines is 1. The molecule has 3 N–H and O–H groups in total. The molecule has 190 valence electrons. The third-order valence-corrected chi connectivity index (χ3v) is 10.1. The van der Waals surface area contributed by atoms with Gasteiger partial charge in [0.1, 0.15) is 6.04 Å². The van der Waals surface area contributed by atoms with Crippen molar-refractivity contribution in [3.8, 4) is 0 Å². The number of nitrogens with one attached hydrogen (secondary N) is 2. The van der Waals surface area contributed by atoms with Crippen LogP contribution >= 0.6 is 11.8 Å². The van der Waals surface area contributed by atoms with Gasteiger partial charge in [-0.1, -0.05) is 25.1 Å². The first kappa shape index (κ1) is 24.5. The summed E-state index contributed by atoms with van der Waals surface area (Å²) >= 11 is 1.64. The van der Waals surface area contributed by atoms with E-state index < -0.39 is 22.6 Å². The fourth-order valence-electron chi connectivity index (χ4n) is 6.47. The zero-order chi connectivity index (χ0) is 24.6. The van der Waals surface area contributed by atoms with Crippen molar-refractivity contribution in [2.75, 3.05) is 57.9 Å². The van der Waals surface area contributed by atoms with Crippen molar-refractivity contribution in [1.29, 1.82) is 0 Å². The molecule has 4 saturated heterocycles. The molecule has 5 rings (SSSR count). The highest BCUT2D eigenvalue weighted by molar-refractivity contribution is 8.02. The lowest BCUT2D eigenvalue weighted by molar-refractivity contribution is -0.139. The second-order valence-electron chi connectivity index (χ2n) is 9.91. The van der Waals surface area contributed by atoms with Gasteiger partial charge in [-0.25, -0.2) is 0 Å². The predicted molar refractivity (Wildman–Crippen MR) is 133 cm³/mol. The summed E-state index contributed by atoms with van der Waals surface area (Å²) in [5, 5.41) is 15.8. The number of fused-ring (bicyclic) bond motifs is 1. The van der Waals surface area contributed by atoms with Gasteiger partial charge in [-0.15, -0.1) is 11.8 Å². The highest BCUT2D eigenvalue weighted by atomic mass is 32.2. The molecule has 3 amide bonds. The van der Waals surface area contributed by atoms with Crippen molar-refractivity contribution in [2.45, 2.75) is 29.4 Å². The minimum absolute atomic E-state index is 0.0115. The number of carbonyl (C=O) groups excluding carboxylic acids is 3. The molecule has 0 aromatic heterocycles. The smallest absolute Gasteiger partial charge is 0.244 e. The van der Waals surface area contributed by atoms with Crippen LogP contribution in [0.3, 0.4) is 0 Å². The number of hydrogen-bond acceptors (Lipinski definition) is 7. The molecule has 0 aliphatic carbocycles. The number of para-hydroxylation sites is 1. The summed E-state index contributed by atoms with van der Waals surface area (Å²) in [6, 6.07) is 8.56. The minimum Gasteiger partial charge on any atom is -0.395 e. The topological polar surface area (TPSA) is 111 Å². The van der Waals surface area contributed by atoms with Gasteiger partial charge in [-0.3, -0.25) is 19.3 Å². The number of nitrogens with zero attached hydrogens (tertiary/aromatic N) is 2. The van der Waals surface area contributed by atoms with Crippen molar-refractivity contribution in [2.24, 2.45) is 17.8 Å². The zero-order valence-electron chi connectivity index (χ0n) is 20.0. The number of morpholine rings is 1. The molecule has 4 aliphatic rings. The van der Waals surface area contributed by atoms with E-state index in [9.17, 15) is 19.5 Å². The van der Waals surface area contributed by atoms with Gasteiger partial charge in [0.2, 0.25) is 17.7 Å². The fraction of sp³-hybridized carbons (Fsp3) is 0.640. The highest BCUT2D eigenvalue weighted by Gasteiger charge is 2.75. The van der Waals surface area contributed by atoms with E-state index >= 15 is 0 Å². The highest BCUT2D eigenvalue weighted by Crippen LogP contribution is 2.68. The third-order valence-electron chi connectivity index (χ3n) is 8.01. The van der Waals surface area contributed by atoms with Crippen LogP contribution in [0.5, 0.6) is 0 Å². The van der Waals surface area contributed by atoms with Crippen molar-refractivity contribution in [3.05, 3.63) is 30.3 Å². The Balaban J connectivity index is 1.36. The second-order valence-corrected chi connectivity index (χ2v) is 11.5. The molecule has 1 aromatic rings. The Morgan fingerprint density at radius 3 is 2.63 bits per heavy atom. The van der Waals surface area contributed by atoms with Crippen LogP contribution in [0, 0.1) is 17.8 Å². The normalized spacial score (nSPS) is 34.2. The lowest BCUT2D eigenvalue weighted by Crippen LogP contribution is -2.57. The number of β-amino-alcohol motifs (C(OH)–C–C–N with tert-alkyl or cyclic N) is 1. The van der Waals surface area contributed by atoms with Gasteiger partial charge < -0.3 is 25.4 Å². The molecule has 9 nitrogen and oxygen atoms in total. The summed E-state index contributed by atoms with van der Waals surface area (Å²) in [6.07, 6.45) is 0.784. The maximum Gasteiger partial charge on any atom is 0.244 e. The third kappa shape index (κ3) is 4.24. The van der Waals surface area contributed by atoms with Gasteiger partial charge in [0, 0.05) is 43.7 Å². The van der Waals surface area contributed by atoms with E-state index in [0.29, 0.717) is 25.4 Å². The molecule has 4 aliphatic heterocycles. The minimum atomic E-state index is -0.698. The van der Waals surface area contributed by atoms with Gasteiger partial charge in [0.25, 0.3) is 0 Å². The van der Waals surface area contributed by atoms with E-state index in [2.05, 4.69) is 22.5 Å². The van der Waals surface area contributed by atoms with Gasteiger partial charge in [-0.2, -0.15) is 0 Å². The van der Waals surface area contributed by atoms with E-state index in [-0.39, 0.29) is 42.0 Å². The second kappa shape index (κ2) is 10.1. The van der Waals surface area contributed by atoms with Crippen molar-refractivity contribution in [3.63, 3.8) is 0 Å². The summed E-state index contributed by atoms with van der Waals surface area (Å²) in [5.74, 6) is -1.53. The van der Waals surface area contributed by atoms with Gasteiger partial charge in [0.05, 0.1) is 36.4 Å². The number of likely N-dealkylation sites (tertiary alicyclic amines) is 1. The van der Waals surface area contributed by atoms with Crippen LogP contribution in [0.15, 0.2) is 30.3 Å². The Labute approximate surface area is 209 Å². The molecule has 1 aromatic carbocycles. The number of carbonyl (C=O) groups is 3. The quantitative estimate of drug-likeness (QED) is 0.472. The predicted octanol–water partition coefficient (Wildman–Crippen LogP) is 0.403. The standard InChI is InChI=1S/C25H34N4O5S/c1-16-15-18-19(22(31)27-17-5-3-2-4-6-17)20-24(33)29(9-12-30)21(25(16,20)35-18)23(32)26-7-8-28-10-13-34-14-11-28/h2-6,16,18-21,30H,7-15H2,1H3,(H,26,32)(H,27,31)/t16?,18-,19+,20+,21?,25?/m1/s1. The molecular formula is C25H34N4O5S. The largest absolute Gasteiger partial charge is 0.395 e. The first-order valence-electron chi connectivity index (χ1n) is 12.5. The maximum absolute atomic E-state index is 13.7. The van der Waals surface area contributed by atoms with Gasteiger partial charge in [-0.05, 0) is 24.5 Å². The molecule has 0 saturated carbocycles. The summed E-state index contributed by atoms with van der Waals surface area (Å²) in [7, 11) is 0. The Hall–Kier alpha value is -2.14. The molecular weight excluding hydrogens is 468 g/mol. The number of benzene rings is 1. The number of aliphatic hydroxyl groups excluding tert-OH is 1. The lowest BCUT2D eigenvalue weighted by atomic mass is 9.66. The zero-order valence-corrected chi connectivity index (χ0v) is 20.8. The molecule has 3 unspecified atom stereocenters. The van der Waals surface area contributed by atoms with Crippen LogP contribution in [-0.4, -0.2) is 101 Å². The van der Waals surface area contributed by atoms with Crippen molar-refractivity contribution < 1.29 is 24.2 Å². The van der Waals surface area contributed by atoms with Crippen LogP contribution in [0.1, 0.15) is 13.3 Å². The Bertz CT molecular complexity index is 958. The Morgan fingerprint density at radius 2 is 1.91 bits per heavy atom. The number of amides is 3. The van der Waals surface area contributed by atoms with Crippen molar-refractivity contribution in [1.82, 2.24) is 15.1 Å². The van der Waals surface area contributed by atoms with Crippen molar-refractivity contribution >= 4 is 35.2 Å². The SMILES string of the molecule is CC1C[C@H]2SC13C(C(=O)NCCN1CCOCC1)N(CCO)C(=O)[C@@H]3[C@H]2C(=O)Nc1ccccc1. The van der Waals surface area contributed by atoms with E-state index in [1.54, 1.807) is 11.8 Å². The molecule has 6 atom stereocenters. The van der Waals surface area contributed by atoms with Gasteiger partial charge >= 0.3 is 0 Å². The molecule has 1 spiro atoms. The summed E-state index contributed by atoms with van der Waals surface area (Å²) in [6.45, 7) is 6.23. The van der Waals surface area contributed by atoms with Crippen LogP contribution in [0.2, 0.25) is 0 Å². The number of aliphatic hydroxyl groups is 1. The number of hydrogen-bond donors (Lipinski definition) is 3. The lowest BCUT2D eigenvalue weighted by Gasteiger charge is -2.38. The number of ether oxygens (including phenoxy) is 1. The van der Waals surface area contributed by atoms with E-state index in [1.807, 2.05) is 30.3 Å². The maximum atomic E-state index is 13.7. The monoisotopic (exact) mass is 502 g/mol. The molecule has 0 radical (unpaired) electrons. The first-order valence-corrected chi connectivity index (χ1v) is 13.4. The van der Waals surface area contributed by atoms with E-state index in [4.69, 9.17) is 4.74 Å². The molecule has 4 heterocycles. The van der Waals surface area contributed by atoms with Crippen LogP contribution in [0.4, 0.5) is 5.69 Å². The molecule has 10 heteroatoms. The van der Waals surface area contributed by atoms with Crippen LogP contribution < -0.4 is 10.6 Å². The van der Waals surface area contributed by atoms with Gasteiger partial charge in [0.15, 0.2) is 0 Å². The fourth-order valence-corrected chi connectivity index (χ4v) is 8.90. The Morgan fingerprint density at radius 1 is 1.17 bits per heavy atom. The summed E-state index contributed by atoms with van der Waals surface area (Å²) in [4.78, 5) is 44.5. The average Bonchev–Trinajstić information content (AvgIpc) is 3.44.